The van der Waals surface area contributed by atoms with Crippen molar-refractivity contribution in [1.29, 1.82) is 0 Å². The average Bonchev–Trinajstić information content (AvgIpc) is 2.08. The lowest BCUT2D eigenvalue weighted by molar-refractivity contribution is -0.121. The second-order valence-corrected chi connectivity index (χ2v) is 4.74. The number of alkyl halides is 1. The second kappa shape index (κ2) is 4.85. The Bertz CT molecular complexity index is 174. The molecule has 0 aliphatic heterocycles. The van der Waals surface area contributed by atoms with Crippen LogP contribution in [-0.4, -0.2) is 17.3 Å². The van der Waals surface area contributed by atoms with Crippen molar-refractivity contribution < 1.29 is 4.79 Å². The maximum atomic E-state index is 11.2. The maximum Gasteiger partial charge on any atom is 0.237 e. The molecule has 1 atom stereocenters. The van der Waals surface area contributed by atoms with Gasteiger partial charge in [0.1, 0.15) is 5.38 Å². The number of halogens is 1. The van der Waals surface area contributed by atoms with Gasteiger partial charge in [-0.2, -0.15) is 0 Å². The molecule has 1 N–H and O–H groups in total. The summed E-state index contributed by atoms with van der Waals surface area (Å²) in [6.45, 7) is 3.98. The normalized spacial score (nSPS) is 31.0. The molecule has 1 aliphatic carbocycles. The van der Waals surface area contributed by atoms with Gasteiger partial charge in [-0.3, -0.25) is 4.79 Å². The fourth-order valence-electron chi connectivity index (χ4n) is 1.72. The summed E-state index contributed by atoms with van der Waals surface area (Å²) in [4.78, 5) is 11.2. The van der Waals surface area contributed by atoms with Crippen LogP contribution in [0.4, 0.5) is 0 Å². The van der Waals surface area contributed by atoms with Crippen molar-refractivity contribution in [3.05, 3.63) is 0 Å². The number of carbonyl (C=O) groups is 1. The van der Waals surface area contributed by atoms with Crippen molar-refractivity contribution in [3.63, 3.8) is 0 Å². The Morgan fingerprint density at radius 1 is 1.38 bits per heavy atom. The van der Waals surface area contributed by atoms with Gasteiger partial charge in [-0.1, -0.05) is 6.92 Å². The van der Waals surface area contributed by atoms with Crippen LogP contribution >= 0.6 is 11.6 Å². The van der Waals surface area contributed by atoms with E-state index in [1.807, 2.05) is 0 Å². The fourth-order valence-corrected chi connectivity index (χ4v) is 1.78. The van der Waals surface area contributed by atoms with E-state index in [1.165, 1.54) is 12.8 Å². The first-order valence-electron chi connectivity index (χ1n) is 5.04. The predicted octanol–water partition coefficient (Wildman–Crippen LogP) is 2.31. The van der Waals surface area contributed by atoms with E-state index in [-0.39, 0.29) is 5.91 Å². The third kappa shape index (κ3) is 3.55. The van der Waals surface area contributed by atoms with Crippen LogP contribution < -0.4 is 5.32 Å². The van der Waals surface area contributed by atoms with Gasteiger partial charge < -0.3 is 5.32 Å². The summed E-state index contributed by atoms with van der Waals surface area (Å²) < 4.78 is 0. The number of hydrogen-bond acceptors (Lipinski definition) is 1. The highest BCUT2D eigenvalue weighted by Gasteiger charge is 2.20. The monoisotopic (exact) mass is 203 g/mol. The predicted molar refractivity (Wildman–Crippen MR) is 54.9 cm³/mol. The zero-order valence-corrected chi connectivity index (χ0v) is 9.10. The summed E-state index contributed by atoms with van der Waals surface area (Å²) in [6, 6.07) is 0.366. The Morgan fingerprint density at radius 2 is 1.92 bits per heavy atom. The third-order valence-corrected chi connectivity index (χ3v) is 2.92. The summed E-state index contributed by atoms with van der Waals surface area (Å²) in [5.41, 5.74) is 0. The fraction of sp³-hybridized carbons (Fsp3) is 0.900. The summed E-state index contributed by atoms with van der Waals surface area (Å²) in [5, 5.41) is 2.56. The van der Waals surface area contributed by atoms with Gasteiger partial charge in [0.25, 0.3) is 0 Å². The van der Waals surface area contributed by atoms with Crippen LogP contribution in [0.3, 0.4) is 0 Å². The molecule has 1 saturated carbocycles. The van der Waals surface area contributed by atoms with Crippen LogP contribution in [0.5, 0.6) is 0 Å². The molecule has 0 unspecified atom stereocenters. The molecule has 13 heavy (non-hydrogen) atoms. The van der Waals surface area contributed by atoms with Crippen LogP contribution in [-0.2, 0) is 4.79 Å². The molecule has 1 rings (SSSR count). The quantitative estimate of drug-likeness (QED) is 0.686. The molecule has 2 nitrogen and oxygen atoms in total. The van der Waals surface area contributed by atoms with Gasteiger partial charge in [-0.05, 0) is 38.5 Å². The first-order valence-corrected chi connectivity index (χ1v) is 5.47. The van der Waals surface area contributed by atoms with Gasteiger partial charge in [0.05, 0.1) is 0 Å². The van der Waals surface area contributed by atoms with E-state index in [4.69, 9.17) is 11.6 Å². The molecule has 0 aromatic heterocycles. The lowest BCUT2D eigenvalue weighted by Crippen LogP contribution is -2.40. The Balaban J connectivity index is 2.26. The molecule has 0 saturated heterocycles. The summed E-state index contributed by atoms with van der Waals surface area (Å²) in [6.07, 6.45) is 4.66. The molecule has 1 amide bonds. The van der Waals surface area contributed by atoms with Crippen LogP contribution in [0, 0.1) is 5.92 Å². The minimum absolute atomic E-state index is 0.0266. The van der Waals surface area contributed by atoms with E-state index >= 15 is 0 Å². The van der Waals surface area contributed by atoms with Gasteiger partial charge in [-0.25, -0.2) is 0 Å². The largest absolute Gasteiger partial charge is 0.352 e. The molecule has 3 heteroatoms. The van der Waals surface area contributed by atoms with Gasteiger partial charge >= 0.3 is 0 Å². The van der Waals surface area contributed by atoms with Crippen molar-refractivity contribution in [2.24, 2.45) is 5.92 Å². The smallest absolute Gasteiger partial charge is 0.237 e. The zero-order chi connectivity index (χ0) is 9.84. The summed E-state index contributed by atoms with van der Waals surface area (Å²) in [5.74, 6) is 0.794. The minimum atomic E-state index is -0.403. The van der Waals surface area contributed by atoms with E-state index < -0.39 is 5.38 Å². The van der Waals surface area contributed by atoms with Crippen molar-refractivity contribution in [3.8, 4) is 0 Å². The highest BCUT2D eigenvalue weighted by atomic mass is 35.5. The van der Waals surface area contributed by atoms with E-state index in [2.05, 4.69) is 12.2 Å². The molecule has 0 heterocycles. The number of carbonyl (C=O) groups excluding carboxylic acids is 1. The lowest BCUT2D eigenvalue weighted by Gasteiger charge is -2.27. The van der Waals surface area contributed by atoms with E-state index in [1.54, 1.807) is 6.92 Å². The second-order valence-electron chi connectivity index (χ2n) is 4.08. The summed E-state index contributed by atoms with van der Waals surface area (Å²) in [7, 11) is 0. The number of rotatable bonds is 2. The van der Waals surface area contributed by atoms with E-state index in [9.17, 15) is 4.79 Å². The van der Waals surface area contributed by atoms with Crippen LogP contribution in [0.15, 0.2) is 0 Å². The highest BCUT2D eigenvalue weighted by molar-refractivity contribution is 6.30. The van der Waals surface area contributed by atoms with Crippen molar-refractivity contribution in [2.75, 3.05) is 0 Å². The first kappa shape index (κ1) is 10.8. The van der Waals surface area contributed by atoms with E-state index in [0.29, 0.717) is 6.04 Å². The Morgan fingerprint density at radius 3 is 2.38 bits per heavy atom. The molecular formula is C10H18ClNO. The molecule has 1 aliphatic rings. The summed E-state index contributed by atoms with van der Waals surface area (Å²) >= 11 is 5.66. The molecule has 0 spiro atoms. The first-order chi connectivity index (χ1) is 6.09. The van der Waals surface area contributed by atoms with Crippen molar-refractivity contribution in [1.82, 2.24) is 5.32 Å². The van der Waals surface area contributed by atoms with Gasteiger partial charge in [0.2, 0.25) is 5.91 Å². The minimum Gasteiger partial charge on any atom is -0.352 e. The number of nitrogens with one attached hydrogen (secondary N) is 1. The molecule has 0 aromatic rings. The van der Waals surface area contributed by atoms with Crippen LogP contribution in [0.1, 0.15) is 39.5 Å². The standard InChI is InChI=1S/C10H18ClNO/c1-7-3-5-9(6-4-7)12-10(13)8(2)11/h7-9H,3-6H2,1-2H3,(H,12,13)/t7?,8-,9?/m0/s1. The van der Waals surface area contributed by atoms with Gasteiger partial charge in [0, 0.05) is 6.04 Å². The SMILES string of the molecule is CC1CCC(NC(=O)[C@H](C)Cl)CC1. The topological polar surface area (TPSA) is 29.1 Å². The van der Waals surface area contributed by atoms with Gasteiger partial charge in [-0.15, -0.1) is 11.6 Å². The molecule has 0 radical (unpaired) electrons. The molecule has 0 bridgehead atoms. The molecule has 76 valence electrons. The van der Waals surface area contributed by atoms with Gasteiger partial charge in [0.15, 0.2) is 0 Å². The molecular weight excluding hydrogens is 186 g/mol. The van der Waals surface area contributed by atoms with Crippen molar-refractivity contribution >= 4 is 17.5 Å². The highest BCUT2D eigenvalue weighted by Crippen LogP contribution is 2.23. The Hall–Kier alpha value is -0.240. The molecule has 0 aromatic carbocycles. The third-order valence-electron chi connectivity index (χ3n) is 2.72. The number of amides is 1. The maximum absolute atomic E-state index is 11.2. The Kier molecular flexibility index (Phi) is 4.04. The lowest BCUT2D eigenvalue weighted by atomic mass is 9.87. The van der Waals surface area contributed by atoms with Crippen molar-refractivity contribution in [2.45, 2.75) is 50.9 Å². The average molecular weight is 204 g/mol. The van der Waals surface area contributed by atoms with E-state index in [0.717, 1.165) is 18.8 Å². The molecule has 1 fully saturated rings. The van der Waals surface area contributed by atoms with Crippen LogP contribution in [0.25, 0.3) is 0 Å². The van der Waals surface area contributed by atoms with Crippen LogP contribution in [0.2, 0.25) is 0 Å². The number of hydrogen-bond donors (Lipinski definition) is 1. The zero-order valence-electron chi connectivity index (χ0n) is 8.35. The Labute approximate surface area is 85.0 Å².